The van der Waals surface area contributed by atoms with Crippen molar-refractivity contribution in [3.63, 3.8) is 0 Å². The first-order valence-corrected chi connectivity index (χ1v) is 8.87. The number of hydrogen-bond donors (Lipinski definition) is 1. The zero-order valence-corrected chi connectivity index (χ0v) is 14.6. The van der Waals surface area contributed by atoms with E-state index in [1.807, 2.05) is 12.1 Å². The van der Waals surface area contributed by atoms with Crippen molar-refractivity contribution in [1.29, 1.82) is 0 Å². The Morgan fingerprint density at radius 2 is 2.13 bits per heavy atom. The van der Waals surface area contributed by atoms with Crippen LogP contribution in [0.4, 0.5) is 0 Å². The number of carbonyl (C=O) groups is 1. The van der Waals surface area contributed by atoms with E-state index in [-0.39, 0.29) is 5.91 Å². The van der Waals surface area contributed by atoms with Gasteiger partial charge in [0.05, 0.1) is 0 Å². The zero-order chi connectivity index (χ0) is 16.4. The summed E-state index contributed by atoms with van der Waals surface area (Å²) in [5, 5.41) is 3.76. The van der Waals surface area contributed by atoms with Crippen molar-refractivity contribution in [1.82, 2.24) is 10.2 Å². The smallest absolute Gasteiger partial charge is 0.261 e. The summed E-state index contributed by atoms with van der Waals surface area (Å²) in [4.78, 5) is 14.8. The molecule has 1 atom stereocenters. The van der Waals surface area contributed by atoms with Crippen LogP contribution in [0.2, 0.25) is 5.02 Å². The molecule has 1 amide bonds. The van der Waals surface area contributed by atoms with Crippen molar-refractivity contribution in [2.45, 2.75) is 45.3 Å². The first kappa shape index (κ1) is 16.6. The summed E-state index contributed by atoms with van der Waals surface area (Å²) in [5.41, 5.74) is 1.02. The van der Waals surface area contributed by atoms with E-state index >= 15 is 0 Å². The largest absolute Gasteiger partial charge is 0.480 e. The molecule has 1 saturated heterocycles. The second-order valence-corrected chi connectivity index (χ2v) is 7.32. The van der Waals surface area contributed by atoms with Crippen molar-refractivity contribution in [3.05, 3.63) is 28.8 Å². The van der Waals surface area contributed by atoms with Crippen LogP contribution in [-0.2, 0) is 11.2 Å². The minimum Gasteiger partial charge on any atom is -0.480 e. The molecule has 0 aliphatic carbocycles. The molecule has 0 bridgehead atoms. The molecule has 2 heterocycles. The van der Waals surface area contributed by atoms with E-state index in [0.717, 1.165) is 43.8 Å². The van der Waals surface area contributed by atoms with Crippen LogP contribution in [0.5, 0.6) is 5.75 Å². The standard InChI is InChI=1S/C18H25ClN2O2/c1-12(2)21-7-5-13(6-8-21)11-20-18(22)17-10-14-9-15(19)3-4-16(14)23-17/h3-4,9,12-13,17H,5-8,10-11H2,1-2H3,(H,20,22)/t17-/m1/s1. The number of ether oxygens (including phenoxy) is 1. The molecule has 23 heavy (non-hydrogen) atoms. The number of piperidine rings is 1. The molecule has 0 unspecified atom stereocenters. The summed E-state index contributed by atoms with van der Waals surface area (Å²) in [6.45, 7) is 7.48. The highest BCUT2D eigenvalue weighted by molar-refractivity contribution is 6.30. The van der Waals surface area contributed by atoms with Gasteiger partial charge in [0.15, 0.2) is 6.10 Å². The maximum Gasteiger partial charge on any atom is 0.261 e. The van der Waals surface area contributed by atoms with Crippen LogP contribution in [0.15, 0.2) is 18.2 Å². The summed E-state index contributed by atoms with van der Waals surface area (Å²) in [6.07, 6.45) is 2.49. The third-order valence-electron chi connectivity index (χ3n) is 4.93. The second kappa shape index (κ2) is 7.10. The first-order chi connectivity index (χ1) is 11.0. The Morgan fingerprint density at radius 3 is 2.83 bits per heavy atom. The van der Waals surface area contributed by atoms with E-state index in [2.05, 4.69) is 24.1 Å². The molecule has 0 radical (unpaired) electrons. The number of amides is 1. The van der Waals surface area contributed by atoms with Gasteiger partial charge in [-0.15, -0.1) is 0 Å². The van der Waals surface area contributed by atoms with Gasteiger partial charge in [-0.2, -0.15) is 0 Å². The molecule has 2 aliphatic rings. The van der Waals surface area contributed by atoms with Gasteiger partial charge in [-0.1, -0.05) is 11.6 Å². The number of nitrogens with zero attached hydrogens (tertiary/aromatic N) is 1. The van der Waals surface area contributed by atoms with Gasteiger partial charge in [0.25, 0.3) is 5.91 Å². The zero-order valence-electron chi connectivity index (χ0n) is 13.8. The Hall–Kier alpha value is -1.26. The van der Waals surface area contributed by atoms with Gasteiger partial charge >= 0.3 is 0 Å². The average Bonchev–Trinajstić information content (AvgIpc) is 2.96. The van der Waals surface area contributed by atoms with Crippen LogP contribution in [0, 0.1) is 5.92 Å². The fourth-order valence-corrected chi connectivity index (χ4v) is 3.59. The molecule has 126 valence electrons. The molecule has 0 saturated carbocycles. The average molecular weight is 337 g/mol. The van der Waals surface area contributed by atoms with Crippen LogP contribution >= 0.6 is 11.6 Å². The monoisotopic (exact) mass is 336 g/mol. The number of likely N-dealkylation sites (tertiary alicyclic amines) is 1. The highest BCUT2D eigenvalue weighted by atomic mass is 35.5. The number of rotatable bonds is 4. The third-order valence-corrected chi connectivity index (χ3v) is 5.17. The summed E-state index contributed by atoms with van der Waals surface area (Å²) in [7, 11) is 0. The SMILES string of the molecule is CC(C)N1CCC(CNC(=O)[C@H]2Cc3cc(Cl)ccc3O2)CC1. The van der Waals surface area contributed by atoms with Crippen LogP contribution in [0.1, 0.15) is 32.3 Å². The second-order valence-electron chi connectivity index (χ2n) is 6.88. The molecule has 0 spiro atoms. The number of fused-ring (bicyclic) bond motifs is 1. The Morgan fingerprint density at radius 1 is 1.39 bits per heavy atom. The van der Waals surface area contributed by atoms with Crippen molar-refractivity contribution in [3.8, 4) is 5.75 Å². The lowest BCUT2D eigenvalue weighted by Crippen LogP contribution is -2.44. The van der Waals surface area contributed by atoms with Gasteiger partial charge in [0.2, 0.25) is 0 Å². The molecule has 3 rings (SSSR count). The Bertz CT molecular complexity index is 568. The Labute approximate surface area is 143 Å². The molecule has 0 aromatic heterocycles. The van der Waals surface area contributed by atoms with E-state index in [0.29, 0.717) is 23.4 Å². The van der Waals surface area contributed by atoms with Crippen LogP contribution in [0.25, 0.3) is 0 Å². The van der Waals surface area contributed by atoms with Gasteiger partial charge in [-0.25, -0.2) is 0 Å². The van der Waals surface area contributed by atoms with E-state index in [9.17, 15) is 4.79 Å². The molecular formula is C18H25ClN2O2. The maximum atomic E-state index is 12.3. The van der Waals surface area contributed by atoms with Crippen molar-refractivity contribution < 1.29 is 9.53 Å². The van der Waals surface area contributed by atoms with Crippen LogP contribution in [-0.4, -0.2) is 42.6 Å². The van der Waals surface area contributed by atoms with E-state index in [1.54, 1.807) is 6.07 Å². The molecule has 1 fully saturated rings. The predicted molar refractivity (Wildman–Crippen MR) is 92.0 cm³/mol. The third kappa shape index (κ3) is 3.99. The Balaban J connectivity index is 1.44. The minimum atomic E-state index is -0.417. The number of carbonyl (C=O) groups excluding carboxylic acids is 1. The van der Waals surface area contributed by atoms with E-state index in [4.69, 9.17) is 16.3 Å². The van der Waals surface area contributed by atoms with Gasteiger partial charge in [-0.3, -0.25) is 4.79 Å². The van der Waals surface area contributed by atoms with E-state index in [1.165, 1.54) is 0 Å². The highest BCUT2D eigenvalue weighted by Crippen LogP contribution is 2.31. The van der Waals surface area contributed by atoms with Crippen molar-refractivity contribution in [2.75, 3.05) is 19.6 Å². The number of hydrogen-bond acceptors (Lipinski definition) is 3. The van der Waals surface area contributed by atoms with Crippen molar-refractivity contribution >= 4 is 17.5 Å². The number of halogens is 1. The first-order valence-electron chi connectivity index (χ1n) is 8.50. The fraction of sp³-hybridized carbons (Fsp3) is 0.611. The van der Waals surface area contributed by atoms with Crippen molar-refractivity contribution in [2.24, 2.45) is 5.92 Å². The lowest BCUT2D eigenvalue weighted by atomic mass is 9.96. The minimum absolute atomic E-state index is 0.0105. The molecule has 5 heteroatoms. The van der Waals surface area contributed by atoms with Gasteiger partial charge in [0.1, 0.15) is 5.75 Å². The summed E-state index contributed by atoms with van der Waals surface area (Å²) < 4.78 is 5.73. The molecular weight excluding hydrogens is 312 g/mol. The summed E-state index contributed by atoms with van der Waals surface area (Å²) in [5.74, 6) is 1.34. The fourth-order valence-electron chi connectivity index (χ4n) is 3.40. The number of nitrogens with one attached hydrogen (secondary N) is 1. The van der Waals surface area contributed by atoms with Gasteiger partial charge < -0.3 is 15.0 Å². The molecule has 1 aromatic carbocycles. The van der Waals surface area contributed by atoms with Crippen LogP contribution < -0.4 is 10.1 Å². The molecule has 1 aromatic rings. The number of benzene rings is 1. The van der Waals surface area contributed by atoms with E-state index < -0.39 is 6.10 Å². The highest BCUT2D eigenvalue weighted by Gasteiger charge is 2.30. The lowest BCUT2D eigenvalue weighted by Gasteiger charge is -2.34. The molecule has 1 N–H and O–H groups in total. The van der Waals surface area contributed by atoms with Gasteiger partial charge in [-0.05, 0) is 69.5 Å². The summed E-state index contributed by atoms with van der Waals surface area (Å²) >= 11 is 5.99. The maximum absolute atomic E-state index is 12.3. The van der Waals surface area contributed by atoms with Crippen LogP contribution in [0.3, 0.4) is 0 Å². The topological polar surface area (TPSA) is 41.6 Å². The molecule has 4 nitrogen and oxygen atoms in total. The predicted octanol–water partition coefficient (Wildman–Crippen LogP) is 2.88. The normalized spacial score (nSPS) is 22.0. The lowest BCUT2D eigenvalue weighted by molar-refractivity contribution is -0.127. The molecule has 2 aliphatic heterocycles. The summed E-state index contributed by atoms with van der Waals surface area (Å²) in [6, 6.07) is 6.13. The van der Waals surface area contributed by atoms with Gasteiger partial charge in [0, 0.05) is 24.0 Å². The Kier molecular flexibility index (Phi) is 5.12. The quantitative estimate of drug-likeness (QED) is 0.919.